The molecule has 29 heavy (non-hydrogen) atoms. The molecule has 1 amide bonds. The molecule has 1 saturated heterocycles. The number of para-hydroxylation sites is 1. The van der Waals surface area contributed by atoms with Gasteiger partial charge in [0, 0.05) is 18.8 Å². The Balaban J connectivity index is 1.71. The molecule has 1 atom stereocenters. The number of nitrogens with zero attached hydrogens (tertiary/aromatic N) is 2. The summed E-state index contributed by atoms with van der Waals surface area (Å²) in [7, 11) is -3.58. The van der Waals surface area contributed by atoms with E-state index < -0.39 is 22.0 Å². The normalized spacial score (nSPS) is 15.9. The highest BCUT2D eigenvalue weighted by atomic mass is 32.2. The highest BCUT2D eigenvalue weighted by molar-refractivity contribution is 7.89. The molecule has 2 aromatic rings. The zero-order valence-corrected chi connectivity index (χ0v) is 17.0. The number of piperidine rings is 1. The van der Waals surface area contributed by atoms with Gasteiger partial charge in [0.1, 0.15) is 11.8 Å². The Morgan fingerprint density at radius 1 is 1.14 bits per heavy atom. The van der Waals surface area contributed by atoms with Crippen molar-refractivity contribution < 1.29 is 17.9 Å². The number of rotatable bonds is 6. The van der Waals surface area contributed by atoms with Gasteiger partial charge in [-0.1, -0.05) is 24.6 Å². The third-order valence-corrected chi connectivity index (χ3v) is 6.63. The third-order valence-electron chi connectivity index (χ3n) is 4.73. The van der Waals surface area contributed by atoms with Gasteiger partial charge in [-0.25, -0.2) is 8.42 Å². The quantitative estimate of drug-likeness (QED) is 0.784. The highest BCUT2D eigenvalue weighted by Crippen LogP contribution is 2.23. The number of carbonyl (C=O) groups excluding carboxylic acids is 1. The lowest BCUT2D eigenvalue weighted by molar-refractivity contribution is -0.122. The molecule has 0 saturated carbocycles. The fraction of sp³-hybridized carbons (Fsp3) is 0.333. The first-order valence-electron chi connectivity index (χ1n) is 9.48. The first kappa shape index (κ1) is 20.8. The average Bonchev–Trinajstić information content (AvgIpc) is 2.75. The minimum Gasteiger partial charge on any atom is -0.480 e. The molecule has 1 N–H and O–H groups in total. The van der Waals surface area contributed by atoms with E-state index in [0.717, 1.165) is 19.3 Å². The first-order valence-corrected chi connectivity index (χ1v) is 10.9. The smallest absolute Gasteiger partial charge is 0.265 e. The van der Waals surface area contributed by atoms with Crippen molar-refractivity contribution in [3.8, 4) is 11.8 Å². The molecule has 0 unspecified atom stereocenters. The Morgan fingerprint density at radius 3 is 2.59 bits per heavy atom. The van der Waals surface area contributed by atoms with E-state index in [-0.39, 0.29) is 4.90 Å². The highest BCUT2D eigenvalue weighted by Gasteiger charge is 2.26. The molecule has 2 aromatic carbocycles. The van der Waals surface area contributed by atoms with Crippen molar-refractivity contribution in [3.05, 3.63) is 54.1 Å². The van der Waals surface area contributed by atoms with Crippen LogP contribution in [-0.4, -0.2) is 37.8 Å². The molecule has 0 aliphatic carbocycles. The van der Waals surface area contributed by atoms with Crippen LogP contribution in [0.5, 0.6) is 5.75 Å². The van der Waals surface area contributed by atoms with Gasteiger partial charge in [-0.15, -0.1) is 0 Å². The van der Waals surface area contributed by atoms with Crippen molar-refractivity contribution in [3.63, 3.8) is 0 Å². The van der Waals surface area contributed by atoms with Gasteiger partial charge in [0.15, 0.2) is 6.10 Å². The fourth-order valence-corrected chi connectivity index (χ4v) is 4.70. The molecule has 8 heteroatoms. The van der Waals surface area contributed by atoms with Crippen molar-refractivity contribution in [1.29, 1.82) is 5.26 Å². The molecule has 3 rings (SSSR count). The maximum atomic E-state index is 12.8. The van der Waals surface area contributed by atoms with Gasteiger partial charge < -0.3 is 10.1 Å². The molecule has 1 fully saturated rings. The zero-order valence-electron chi connectivity index (χ0n) is 16.2. The van der Waals surface area contributed by atoms with Crippen LogP contribution in [0.15, 0.2) is 53.4 Å². The molecular weight excluding hydrogens is 390 g/mol. The fourth-order valence-electron chi connectivity index (χ4n) is 3.14. The number of hydrogen-bond acceptors (Lipinski definition) is 5. The van der Waals surface area contributed by atoms with Crippen LogP contribution in [0.1, 0.15) is 31.7 Å². The lowest BCUT2D eigenvalue weighted by Crippen LogP contribution is -2.35. The Bertz CT molecular complexity index is 1020. The summed E-state index contributed by atoms with van der Waals surface area (Å²) in [6.45, 7) is 2.60. The molecule has 1 aliphatic rings. The van der Waals surface area contributed by atoms with Gasteiger partial charge in [-0.2, -0.15) is 9.57 Å². The Kier molecular flexibility index (Phi) is 6.52. The number of nitrogens with one attached hydrogen (secondary N) is 1. The number of benzene rings is 2. The minimum absolute atomic E-state index is 0.153. The van der Waals surface area contributed by atoms with Crippen LogP contribution in [0, 0.1) is 11.3 Å². The molecule has 1 aliphatic heterocycles. The largest absolute Gasteiger partial charge is 0.480 e. The number of hydrogen-bond donors (Lipinski definition) is 1. The number of ether oxygens (including phenoxy) is 1. The van der Waals surface area contributed by atoms with Crippen molar-refractivity contribution in [2.45, 2.75) is 37.2 Å². The summed E-state index contributed by atoms with van der Waals surface area (Å²) in [6, 6.07) is 14.9. The van der Waals surface area contributed by atoms with Gasteiger partial charge in [0.2, 0.25) is 10.0 Å². The maximum Gasteiger partial charge on any atom is 0.265 e. The third kappa shape index (κ3) is 4.94. The van der Waals surface area contributed by atoms with Gasteiger partial charge >= 0.3 is 0 Å². The summed E-state index contributed by atoms with van der Waals surface area (Å²) in [6.07, 6.45) is 1.88. The van der Waals surface area contributed by atoms with E-state index >= 15 is 0 Å². The van der Waals surface area contributed by atoms with Crippen molar-refractivity contribution in [1.82, 2.24) is 4.31 Å². The second-order valence-corrected chi connectivity index (χ2v) is 8.79. The predicted molar refractivity (Wildman–Crippen MR) is 109 cm³/mol. The average molecular weight is 413 g/mol. The minimum atomic E-state index is -3.58. The topological polar surface area (TPSA) is 99.5 Å². The summed E-state index contributed by atoms with van der Waals surface area (Å²) in [5.41, 5.74) is 0.707. The van der Waals surface area contributed by atoms with Crippen LogP contribution in [0.2, 0.25) is 0 Å². The molecular formula is C21H23N3O4S. The molecule has 0 bridgehead atoms. The molecule has 1 heterocycles. The molecule has 7 nitrogen and oxygen atoms in total. The SMILES string of the molecule is C[C@@H](Oc1ccccc1C#N)C(=O)Nc1cccc(S(=O)(=O)N2CCCCC2)c1. The Labute approximate surface area is 171 Å². The number of amides is 1. The van der Waals surface area contributed by atoms with Gasteiger partial charge in [-0.3, -0.25) is 4.79 Å². The molecule has 152 valence electrons. The monoisotopic (exact) mass is 413 g/mol. The van der Waals surface area contributed by atoms with Crippen molar-refractivity contribution in [2.24, 2.45) is 0 Å². The standard InChI is InChI=1S/C21H23N3O4S/c1-16(28-20-11-4-3-8-17(20)15-22)21(25)23-18-9-7-10-19(14-18)29(26,27)24-12-5-2-6-13-24/h3-4,7-11,14,16H,2,5-6,12-13H2,1H3,(H,23,25)/t16-/m1/s1. The second kappa shape index (κ2) is 9.07. The van der Waals surface area contributed by atoms with Crippen LogP contribution in [0.3, 0.4) is 0 Å². The summed E-state index contributed by atoms with van der Waals surface area (Å²) in [5.74, 6) is -0.121. The number of nitriles is 1. The Morgan fingerprint density at radius 2 is 1.86 bits per heavy atom. The number of carbonyl (C=O) groups is 1. The van der Waals surface area contributed by atoms with Gasteiger partial charge in [0.05, 0.1) is 10.5 Å². The number of anilines is 1. The number of sulfonamides is 1. The first-order chi connectivity index (χ1) is 13.9. The molecule has 0 spiro atoms. The van der Waals surface area contributed by atoms with Crippen LogP contribution in [0.4, 0.5) is 5.69 Å². The van der Waals surface area contributed by atoms with Gasteiger partial charge in [-0.05, 0) is 50.1 Å². The van der Waals surface area contributed by atoms with E-state index in [9.17, 15) is 13.2 Å². The van der Waals surface area contributed by atoms with E-state index in [1.54, 1.807) is 43.3 Å². The van der Waals surface area contributed by atoms with Crippen molar-refractivity contribution >= 4 is 21.6 Å². The van der Waals surface area contributed by atoms with E-state index in [0.29, 0.717) is 30.1 Å². The second-order valence-electron chi connectivity index (χ2n) is 6.85. The summed E-state index contributed by atoms with van der Waals surface area (Å²) in [5, 5.41) is 11.8. The van der Waals surface area contributed by atoms with Crippen LogP contribution >= 0.6 is 0 Å². The lowest BCUT2D eigenvalue weighted by Gasteiger charge is -2.26. The summed E-state index contributed by atoms with van der Waals surface area (Å²) >= 11 is 0. The van der Waals surface area contributed by atoms with Crippen LogP contribution in [-0.2, 0) is 14.8 Å². The van der Waals surface area contributed by atoms with E-state index in [1.165, 1.54) is 16.4 Å². The Hall–Kier alpha value is -2.89. The maximum absolute atomic E-state index is 12.8. The van der Waals surface area contributed by atoms with Crippen molar-refractivity contribution in [2.75, 3.05) is 18.4 Å². The van der Waals surface area contributed by atoms with E-state index in [1.807, 2.05) is 6.07 Å². The van der Waals surface area contributed by atoms with E-state index in [2.05, 4.69) is 5.32 Å². The summed E-state index contributed by atoms with van der Waals surface area (Å²) in [4.78, 5) is 12.7. The predicted octanol–water partition coefficient (Wildman–Crippen LogP) is 3.14. The van der Waals surface area contributed by atoms with Crippen LogP contribution < -0.4 is 10.1 Å². The van der Waals surface area contributed by atoms with Gasteiger partial charge in [0.25, 0.3) is 5.91 Å². The molecule has 0 aromatic heterocycles. The van der Waals surface area contributed by atoms with Crippen LogP contribution in [0.25, 0.3) is 0 Å². The van der Waals surface area contributed by atoms with E-state index in [4.69, 9.17) is 10.00 Å². The summed E-state index contributed by atoms with van der Waals surface area (Å²) < 4.78 is 32.7. The zero-order chi connectivity index (χ0) is 20.9. The lowest BCUT2D eigenvalue weighted by atomic mass is 10.2. The molecule has 0 radical (unpaired) electrons.